The number of nitrogens with one attached hydrogen (secondary N) is 1. The van der Waals surface area contributed by atoms with Crippen LogP contribution in [-0.2, 0) is 4.79 Å². The number of rotatable bonds is 6. The second-order valence-corrected chi connectivity index (χ2v) is 7.22. The molecule has 1 aliphatic rings. The molecule has 1 N–H and O–H groups in total. The highest BCUT2D eigenvalue weighted by molar-refractivity contribution is 6.30. The molecular formula is C21H21ClF2N2O3. The quantitative estimate of drug-likeness (QED) is 0.723. The molecule has 0 saturated carbocycles. The third-order valence-corrected chi connectivity index (χ3v) is 5.05. The summed E-state index contributed by atoms with van der Waals surface area (Å²) in [6.07, 6.45) is 0.969. The fraction of sp³-hybridized carbons (Fsp3) is 0.333. The summed E-state index contributed by atoms with van der Waals surface area (Å²) in [4.78, 5) is 26.2. The Morgan fingerprint density at radius 3 is 2.45 bits per heavy atom. The van der Waals surface area contributed by atoms with Crippen molar-refractivity contribution in [2.75, 3.05) is 26.2 Å². The molecule has 3 rings (SSSR count). The van der Waals surface area contributed by atoms with E-state index < -0.39 is 17.5 Å². The first kappa shape index (κ1) is 21.0. The van der Waals surface area contributed by atoms with E-state index in [0.29, 0.717) is 55.9 Å². The van der Waals surface area contributed by atoms with Crippen molar-refractivity contribution >= 4 is 23.4 Å². The second kappa shape index (κ2) is 9.69. The molecule has 5 nitrogen and oxygen atoms in total. The highest BCUT2D eigenvalue weighted by atomic mass is 35.5. The zero-order valence-corrected chi connectivity index (χ0v) is 16.4. The molecular weight excluding hydrogens is 402 g/mol. The molecule has 29 heavy (non-hydrogen) atoms. The SMILES string of the molecule is O=C(NCCOc1ccc(Cl)cc1)C1CCN(C(=O)c2ccc(F)cc2F)CC1. The third-order valence-electron chi connectivity index (χ3n) is 4.80. The van der Waals surface area contributed by atoms with Gasteiger partial charge in [0.15, 0.2) is 0 Å². The Hall–Kier alpha value is -2.67. The molecule has 0 aromatic heterocycles. The fourth-order valence-corrected chi connectivity index (χ4v) is 3.32. The number of piperidine rings is 1. The molecule has 8 heteroatoms. The van der Waals surface area contributed by atoms with Crippen molar-refractivity contribution in [3.63, 3.8) is 0 Å². The van der Waals surface area contributed by atoms with Crippen molar-refractivity contribution in [2.45, 2.75) is 12.8 Å². The highest BCUT2D eigenvalue weighted by Crippen LogP contribution is 2.21. The minimum Gasteiger partial charge on any atom is -0.492 e. The summed E-state index contributed by atoms with van der Waals surface area (Å²) in [5.74, 6) is -1.73. The molecule has 154 valence electrons. The van der Waals surface area contributed by atoms with Crippen molar-refractivity contribution in [3.8, 4) is 5.75 Å². The molecule has 1 heterocycles. The van der Waals surface area contributed by atoms with E-state index in [1.165, 1.54) is 4.90 Å². The molecule has 2 aromatic carbocycles. The van der Waals surface area contributed by atoms with E-state index in [4.69, 9.17) is 16.3 Å². The summed E-state index contributed by atoms with van der Waals surface area (Å²) in [6.45, 7) is 1.37. The van der Waals surface area contributed by atoms with Crippen molar-refractivity contribution in [2.24, 2.45) is 5.92 Å². The van der Waals surface area contributed by atoms with Crippen LogP contribution < -0.4 is 10.1 Å². The van der Waals surface area contributed by atoms with Gasteiger partial charge in [-0.15, -0.1) is 0 Å². The number of benzene rings is 2. The third kappa shape index (κ3) is 5.67. The van der Waals surface area contributed by atoms with Gasteiger partial charge in [0, 0.05) is 30.1 Å². The van der Waals surface area contributed by atoms with E-state index in [1.54, 1.807) is 24.3 Å². The molecule has 2 amide bonds. The zero-order valence-electron chi connectivity index (χ0n) is 15.7. The van der Waals surface area contributed by atoms with Crippen molar-refractivity contribution in [3.05, 3.63) is 64.7 Å². The molecule has 0 bridgehead atoms. The van der Waals surface area contributed by atoms with Crippen LogP contribution in [0.3, 0.4) is 0 Å². The Morgan fingerprint density at radius 1 is 1.10 bits per heavy atom. The Morgan fingerprint density at radius 2 is 1.79 bits per heavy atom. The van der Waals surface area contributed by atoms with E-state index in [2.05, 4.69) is 5.32 Å². The van der Waals surface area contributed by atoms with Crippen LogP contribution in [0.15, 0.2) is 42.5 Å². The maximum Gasteiger partial charge on any atom is 0.256 e. The number of carbonyl (C=O) groups excluding carboxylic acids is 2. The van der Waals surface area contributed by atoms with Gasteiger partial charge in [-0.05, 0) is 49.2 Å². The first-order valence-corrected chi connectivity index (χ1v) is 9.72. The molecule has 0 spiro atoms. The van der Waals surface area contributed by atoms with Gasteiger partial charge in [0.05, 0.1) is 12.1 Å². The lowest BCUT2D eigenvalue weighted by atomic mass is 9.95. The van der Waals surface area contributed by atoms with Crippen molar-refractivity contribution in [1.82, 2.24) is 10.2 Å². The topological polar surface area (TPSA) is 58.6 Å². The normalized spacial score (nSPS) is 14.5. The number of ether oxygens (including phenoxy) is 1. The molecule has 0 radical (unpaired) electrons. The lowest BCUT2D eigenvalue weighted by Gasteiger charge is -2.31. The summed E-state index contributed by atoms with van der Waals surface area (Å²) in [5.41, 5.74) is -0.159. The maximum atomic E-state index is 13.8. The molecule has 1 saturated heterocycles. The smallest absolute Gasteiger partial charge is 0.256 e. The van der Waals surface area contributed by atoms with Crippen molar-refractivity contribution in [1.29, 1.82) is 0 Å². The minimum atomic E-state index is -0.879. The summed E-state index contributed by atoms with van der Waals surface area (Å²) in [7, 11) is 0. The zero-order chi connectivity index (χ0) is 20.8. The summed E-state index contributed by atoms with van der Waals surface area (Å²) in [6, 6.07) is 9.85. The van der Waals surface area contributed by atoms with E-state index >= 15 is 0 Å². The van der Waals surface area contributed by atoms with Crippen molar-refractivity contribution < 1.29 is 23.1 Å². The van der Waals surface area contributed by atoms with Gasteiger partial charge in [0.25, 0.3) is 5.91 Å². The van der Waals surface area contributed by atoms with Gasteiger partial charge in [0.2, 0.25) is 5.91 Å². The monoisotopic (exact) mass is 422 g/mol. The van der Waals surface area contributed by atoms with Gasteiger partial charge in [0.1, 0.15) is 24.0 Å². The summed E-state index contributed by atoms with van der Waals surface area (Å²) >= 11 is 5.81. The van der Waals surface area contributed by atoms with Gasteiger partial charge in [-0.25, -0.2) is 8.78 Å². The van der Waals surface area contributed by atoms with Crippen LogP contribution in [0.4, 0.5) is 8.78 Å². The Balaban J connectivity index is 1.41. The number of nitrogens with zero attached hydrogens (tertiary/aromatic N) is 1. The molecule has 0 unspecified atom stereocenters. The van der Waals surface area contributed by atoms with Gasteiger partial charge < -0.3 is 15.0 Å². The van der Waals surface area contributed by atoms with E-state index in [1.807, 2.05) is 0 Å². The lowest BCUT2D eigenvalue weighted by molar-refractivity contribution is -0.126. The average molecular weight is 423 g/mol. The van der Waals surface area contributed by atoms with Crippen LogP contribution in [0.25, 0.3) is 0 Å². The van der Waals surface area contributed by atoms with Crippen LogP contribution in [0, 0.1) is 17.6 Å². The minimum absolute atomic E-state index is 0.0928. The molecule has 1 fully saturated rings. The van der Waals surface area contributed by atoms with Crippen LogP contribution in [0.1, 0.15) is 23.2 Å². The predicted octanol–water partition coefficient (Wildman–Crippen LogP) is 3.67. The number of halogens is 3. The average Bonchev–Trinajstić information content (AvgIpc) is 2.72. The lowest BCUT2D eigenvalue weighted by Crippen LogP contribution is -2.43. The van der Waals surface area contributed by atoms with Gasteiger partial charge in [-0.1, -0.05) is 11.6 Å². The Kier molecular flexibility index (Phi) is 7.04. The predicted molar refractivity (Wildman–Crippen MR) is 105 cm³/mol. The van der Waals surface area contributed by atoms with E-state index in [0.717, 1.165) is 12.1 Å². The number of hydrogen-bond acceptors (Lipinski definition) is 3. The standard InChI is InChI=1S/C21H21ClF2N2O3/c22-15-1-4-17(5-2-15)29-12-9-25-20(27)14-7-10-26(11-8-14)21(28)18-6-3-16(23)13-19(18)24/h1-6,13-14H,7-12H2,(H,25,27). The highest BCUT2D eigenvalue weighted by Gasteiger charge is 2.28. The van der Waals surface area contributed by atoms with Crippen LogP contribution in [0.2, 0.25) is 5.02 Å². The Bertz CT molecular complexity index is 869. The van der Waals surface area contributed by atoms with Gasteiger partial charge in [-0.2, -0.15) is 0 Å². The maximum absolute atomic E-state index is 13.8. The molecule has 1 aliphatic heterocycles. The van der Waals surface area contributed by atoms with E-state index in [9.17, 15) is 18.4 Å². The first-order chi connectivity index (χ1) is 13.9. The number of carbonyl (C=O) groups is 2. The number of likely N-dealkylation sites (tertiary alicyclic amines) is 1. The fourth-order valence-electron chi connectivity index (χ4n) is 3.20. The largest absolute Gasteiger partial charge is 0.492 e. The molecule has 0 aliphatic carbocycles. The summed E-state index contributed by atoms with van der Waals surface area (Å²) in [5, 5.41) is 3.45. The summed E-state index contributed by atoms with van der Waals surface area (Å²) < 4.78 is 32.3. The van der Waals surface area contributed by atoms with E-state index in [-0.39, 0.29) is 17.4 Å². The van der Waals surface area contributed by atoms with Crippen LogP contribution >= 0.6 is 11.6 Å². The molecule has 2 aromatic rings. The van der Waals surface area contributed by atoms with Crippen LogP contribution in [-0.4, -0.2) is 43.0 Å². The Labute approximate surface area is 172 Å². The number of amides is 2. The van der Waals surface area contributed by atoms with Crippen LogP contribution in [0.5, 0.6) is 5.75 Å². The van der Waals surface area contributed by atoms with Gasteiger partial charge in [-0.3, -0.25) is 9.59 Å². The molecule has 0 atom stereocenters. The first-order valence-electron chi connectivity index (χ1n) is 9.34. The number of hydrogen-bond donors (Lipinski definition) is 1. The second-order valence-electron chi connectivity index (χ2n) is 6.78. The van der Waals surface area contributed by atoms with Gasteiger partial charge >= 0.3 is 0 Å².